The molecule has 10 heteroatoms. The second kappa shape index (κ2) is 10.5. The SMILES string of the molecule is NC(=O)[C@H](Cc1ccccc1)NC(=O)[C@H](Cc1ccc(O)c(O)c1)NC(=O)[C@@H]1CCC(=O)N1. The summed E-state index contributed by atoms with van der Waals surface area (Å²) in [5.74, 6) is -2.88. The van der Waals surface area contributed by atoms with Crippen LogP contribution >= 0.6 is 0 Å². The molecule has 0 aliphatic carbocycles. The predicted molar refractivity (Wildman–Crippen MR) is 118 cm³/mol. The minimum atomic E-state index is -1.13. The molecular weight excluding hydrogens is 428 g/mol. The van der Waals surface area contributed by atoms with E-state index < -0.39 is 35.8 Å². The molecule has 1 aliphatic heterocycles. The van der Waals surface area contributed by atoms with Crippen molar-refractivity contribution in [3.63, 3.8) is 0 Å². The number of rotatable bonds is 9. The number of aromatic hydroxyl groups is 2. The van der Waals surface area contributed by atoms with Gasteiger partial charge in [0.25, 0.3) is 0 Å². The van der Waals surface area contributed by atoms with Crippen molar-refractivity contribution in [1.82, 2.24) is 16.0 Å². The lowest BCUT2D eigenvalue weighted by Gasteiger charge is -2.23. The quantitative estimate of drug-likeness (QED) is 0.282. The summed E-state index contributed by atoms with van der Waals surface area (Å²) in [5, 5.41) is 27.0. The molecule has 10 nitrogen and oxygen atoms in total. The van der Waals surface area contributed by atoms with Crippen molar-refractivity contribution >= 4 is 23.6 Å². The van der Waals surface area contributed by atoms with E-state index in [-0.39, 0.29) is 36.7 Å². The molecule has 3 rings (SSSR count). The van der Waals surface area contributed by atoms with Gasteiger partial charge in [-0.3, -0.25) is 19.2 Å². The lowest BCUT2D eigenvalue weighted by Crippen LogP contribution is -2.56. The van der Waals surface area contributed by atoms with Crippen molar-refractivity contribution in [1.29, 1.82) is 0 Å². The topological polar surface area (TPSA) is 171 Å². The second-order valence-corrected chi connectivity index (χ2v) is 7.90. The molecule has 0 spiro atoms. The molecule has 2 aromatic rings. The minimum Gasteiger partial charge on any atom is -0.504 e. The van der Waals surface area contributed by atoms with Gasteiger partial charge in [0.05, 0.1) is 0 Å². The molecule has 4 amide bonds. The van der Waals surface area contributed by atoms with E-state index in [9.17, 15) is 29.4 Å². The fourth-order valence-corrected chi connectivity index (χ4v) is 3.57. The molecule has 1 heterocycles. The number of benzene rings is 2. The summed E-state index contributed by atoms with van der Waals surface area (Å²) in [5.41, 5.74) is 6.74. The highest BCUT2D eigenvalue weighted by atomic mass is 16.3. The van der Waals surface area contributed by atoms with E-state index in [0.717, 1.165) is 5.56 Å². The van der Waals surface area contributed by atoms with Crippen LogP contribution in [0.3, 0.4) is 0 Å². The summed E-state index contributed by atoms with van der Waals surface area (Å²) in [6.07, 6.45) is 0.642. The lowest BCUT2D eigenvalue weighted by atomic mass is 10.0. The van der Waals surface area contributed by atoms with Crippen molar-refractivity contribution in [3.8, 4) is 11.5 Å². The average molecular weight is 454 g/mol. The van der Waals surface area contributed by atoms with Crippen molar-refractivity contribution in [3.05, 3.63) is 59.7 Å². The Morgan fingerprint density at radius 1 is 0.970 bits per heavy atom. The summed E-state index contributed by atoms with van der Waals surface area (Å²) in [6.45, 7) is 0. The Kier molecular flexibility index (Phi) is 7.50. The minimum absolute atomic E-state index is 0.0388. The Hall–Kier alpha value is -4.08. The first kappa shape index (κ1) is 23.6. The maximum absolute atomic E-state index is 13.1. The molecule has 0 bridgehead atoms. The summed E-state index contributed by atoms with van der Waals surface area (Å²) in [7, 11) is 0. The third kappa shape index (κ3) is 6.45. The fraction of sp³-hybridized carbons (Fsp3) is 0.304. The second-order valence-electron chi connectivity index (χ2n) is 7.90. The maximum atomic E-state index is 13.1. The highest BCUT2D eigenvalue weighted by Gasteiger charge is 2.32. The summed E-state index contributed by atoms with van der Waals surface area (Å²) in [6, 6.07) is 10.1. The molecule has 0 saturated carbocycles. The monoisotopic (exact) mass is 454 g/mol. The highest BCUT2D eigenvalue weighted by molar-refractivity contribution is 5.95. The molecule has 1 fully saturated rings. The first-order chi connectivity index (χ1) is 15.7. The van der Waals surface area contributed by atoms with Gasteiger partial charge in [0, 0.05) is 19.3 Å². The highest BCUT2D eigenvalue weighted by Crippen LogP contribution is 2.25. The van der Waals surface area contributed by atoms with Gasteiger partial charge in [-0.05, 0) is 29.7 Å². The van der Waals surface area contributed by atoms with Crippen LogP contribution in [0.25, 0.3) is 0 Å². The number of amides is 4. The standard InChI is InChI=1S/C23H26N4O6/c24-21(31)16(10-13-4-2-1-3-5-13)26-23(33)17(11-14-6-8-18(28)19(29)12-14)27-22(32)15-7-9-20(30)25-15/h1-6,8,12,15-17,28-29H,7,9-11H2,(H2,24,31)(H,25,30)(H,26,33)(H,27,32)/t15-,16-,17-/m0/s1. The third-order valence-corrected chi connectivity index (χ3v) is 5.37. The van der Waals surface area contributed by atoms with Gasteiger partial charge in [-0.25, -0.2) is 0 Å². The van der Waals surface area contributed by atoms with Crippen LogP contribution in [0.5, 0.6) is 11.5 Å². The zero-order valence-electron chi connectivity index (χ0n) is 17.8. The van der Waals surface area contributed by atoms with Gasteiger partial charge in [-0.15, -0.1) is 0 Å². The number of carbonyl (C=O) groups excluding carboxylic acids is 4. The van der Waals surface area contributed by atoms with Gasteiger partial charge in [0.1, 0.15) is 18.1 Å². The van der Waals surface area contributed by atoms with Crippen LogP contribution in [0.4, 0.5) is 0 Å². The predicted octanol–water partition coefficient (Wildman–Crippen LogP) is -0.384. The normalized spacial score (nSPS) is 17.0. The van der Waals surface area contributed by atoms with Gasteiger partial charge >= 0.3 is 0 Å². The summed E-state index contributed by atoms with van der Waals surface area (Å²) >= 11 is 0. The molecule has 7 N–H and O–H groups in total. The first-order valence-corrected chi connectivity index (χ1v) is 10.5. The van der Waals surface area contributed by atoms with Crippen molar-refractivity contribution in [2.75, 3.05) is 0 Å². The molecule has 2 aromatic carbocycles. The Morgan fingerprint density at radius 2 is 1.67 bits per heavy atom. The van der Waals surface area contributed by atoms with Crippen LogP contribution in [0.1, 0.15) is 24.0 Å². The molecule has 3 atom stereocenters. The Bertz CT molecular complexity index is 1040. The third-order valence-electron chi connectivity index (χ3n) is 5.37. The number of hydrogen-bond donors (Lipinski definition) is 6. The van der Waals surface area contributed by atoms with E-state index >= 15 is 0 Å². The van der Waals surface area contributed by atoms with Crippen LogP contribution in [0, 0.1) is 0 Å². The van der Waals surface area contributed by atoms with Gasteiger partial charge in [0.15, 0.2) is 11.5 Å². The molecule has 0 aromatic heterocycles. The smallest absolute Gasteiger partial charge is 0.243 e. The van der Waals surface area contributed by atoms with E-state index in [2.05, 4.69) is 16.0 Å². The zero-order valence-corrected chi connectivity index (χ0v) is 17.8. The molecule has 33 heavy (non-hydrogen) atoms. The molecule has 1 saturated heterocycles. The summed E-state index contributed by atoms with van der Waals surface area (Å²) in [4.78, 5) is 49.2. The number of primary amides is 1. The van der Waals surface area contributed by atoms with Gasteiger partial charge < -0.3 is 31.9 Å². The number of hydrogen-bond acceptors (Lipinski definition) is 6. The lowest BCUT2D eigenvalue weighted by molar-refractivity contribution is -0.132. The van der Waals surface area contributed by atoms with E-state index in [1.165, 1.54) is 18.2 Å². The Morgan fingerprint density at radius 3 is 2.27 bits per heavy atom. The number of phenolic OH excluding ortho intramolecular Hbond substituents is 2. The van der Waals surface area contributed by atoms with E-state index in [1.54, 1.807) is 24.3 Å². The van der Waals surface area contributed by atoms with Gasteiger partial charge in [-0.2, -0.15) is 0 Å². The van der Waals surface area contributed by atoms with E-state index in [4.69, 9.17) is 5.73 Å². The van der Waals surface area contributed by atoms with Gasteiger partial charge in [-0.1, -0.05) is 36.4 Å². The number of carbonyl (C=O) groups is 4. The molecule has 0 radical (unpaired) electrons. The van der Waals surface area contributed by atoms with Crippen LogP contribution in [0.15, 0.2) is 48.5 Å². The Balaban J connectivity index is 1.77. The largest absolute Gasteiger partial charge is 0.504 e. The van der Waals surface area contributed by atoms with Crippen LogP contribution in [-0.2, 0) is 32.0 Å². The molecule has 174 valence electrons. The van der Waals surface area contributed by atoms with Crippen molar-refractivity contribution in [2.24, 2.45) is 5.73 Å². The van der Waals surface area contributed by atoms with Crippen molar-refractivity contribution < 1.29 is 29.4 Å². The Labute approximate surface area is 190 Å². The zero-order chi connectivity index (χ0) is 24.0. The van der Waals surface area contributed by atoms with Crippen LogP contribution in [-0.4, -0.2) is 52.0 Å². The number of phenols is 2. The van der Waals surface area contributed by atoms with Crippen LogP contribution in [0.2, 0.25) is 0 Å². The fourth-order valence-electron chi connectivity index (χ4n) is 3.57. The molecular formula is C23H26N4O6. The first-order valence-electron chi connectivity index (χ1n) is 10.5. The molecule has 0 unspecified atom stereocenters. The number of nitrogens with two attached hydrogens (primary N) is 1. The number of nitrogens with one attached hydrogen (secondary N) is 3. The van der Waals surface area contributed by atoms with Crippen molar-refractivity contribution in [2.45, 2.75) is 43.8 Å². The van der Waals surface area contributed by atoms with E-state index in [1.807, 2.05) is 6.07 Å². The summed E-state index contributed by atoms with van der Waals surface area (Å²) < 4.78 is 0. The maximum Gasteiger partial charge on any atom is 0.243 e. The van der Waals surface area contributed by atoms with Gasteiger partial charge in [0.2, 0.25) is 23.6 Å². The molecule has 1 aliphatic rings. The van der Waals surface area contributed by atoms with E-state index in [0.29, 0.717) is 12.0 Å². The average Bonchev–Trinajstić information content (AvgIpc) is 3.22. The van der Waals surface area contributed by atoms with Crippen LogP contribution < -0.4 is 21.7 Å².